The van der Waals surface area contributed by atoms with Gasteiger partial charge in [-0.2, -0.15) is 9.97 Å². The highest BCUT2D eigenvalue weighted by Crippen LogP contribution is 2.20. The van der Waals surface area contributed by atoms with Crippen LogP contribution in [0.4, 0.5) is 11.8 Å². The van der Waals surface area contributed by atoms with E-state index in [4.69, 9.17) is 21.7 Å². The van der Waals surface area contributed by atoms with Crippen LogP contribution in [0.15, 0.2) is 30.6 Å². The van der Waals surface area contributed by atoms with Crippen molar-refractivity contribution in [1.29, 1.82) is 0 Å². The molecule has 12 heteroatoms. The maximum Gasteiger partial charge on any atom is 0.326 e. The maximum absolute atomic E-state index is 12.2. The molecule has 3 heterocycles. The predicted molar refractivity (Wildman–Crippen MR) is 115 cm³/mol. The minimum atomic E-state index is -1.30. The van der Waals surface area contributed by atoms with Crippen molar-refractivity contribution in [2.24, 2.45) is 0 Å². The summed E-state index contributed by atoms with van der Waals surface area (Å²) in [5.74, 6) is -2.68. The second kappa shape index (κ2) is 9.73. The topological polar surface area (TPSA) is 199 Å². The number of nitrogens with one attached hydrogen (secondary N) is 1. The van der Waals surface area contributed by atoms with Crippen molar-refractivity contribution in [3.63, 3.8) is 0 Å². The first kappa shape index (κ1) is 22.5. The third kappa shape index (κ3) is 5.47. The fraction of sp³-hybridized carbons (Fsp3) is 0.300. The number of nitrogens with two attached hydrogens (primary N) is 2. The summed E-state index contributed by atoms with van der Waals surface area (Å²) in [4.78, 5) is 46.4. The van der Waals surface area contributed by atoms with E-state index < -0.39 is 23.9 Å². The first-order valence-corrected chi connectivity index (χ1v) is 9.83. The van der Waals surface area contributed by atoms with E-state index in [9.17, 15) is 14.4 Å². The summed E-state index contributed by atoms with van der Waals surface area (Å²) in [6.07, 6.45) is 4.27. The molecule has 0 fully saturated rings. The first-order valence-electron chi connectivity index (χ1n) is 9.83. The van der Waals surface area contributed by atoms with Crippen molar-refractivity contribution in [1.82, 2.24) is 24.8 Å². The van der Waals surface area contributed by atoms with Crippen LogP contribution in [0.2, 0.25) is 0 Å². The molecule has 32 heavy (non-hydrogen) atoms. The molecule has 0 bridgehead atoms. The molecule has 3 aromatic rings. The Morgan fingerprint density at radius 3 is 2.56 bits per heavy atom. The van der Waals surface area contributed by atoms with Crippen molar-refractivity contribution in [2.45, 2.75) is 38.3 Å². The molecule has 3 rings (SSSR count). The highest BCUT2D eigenvalue weighted by Gasteiger charge is 2.22. The lowest BCUT2D eigenvalue weighted by Gasteiger charge is -2.13. The molecular formula is C20H23N7O5. The summed E-state index contributed by atoms with van der Waals surface area (Å²) < 4.78 is 1.93. The number of anilines is 2. The van der Waals surface area contributed by atoms with Crippen LogP contribution >= 0.6 is 0 Å². The Hall–Kier alpha value is -4.22. The van der Waals surface area contributed by atoms with Crippen LogP contribution in [0.3, 0.4) is 0 Å². The van der Waals surface area contributed by atoms with E-state index in [-0.39, 0.29) is 24.5 Å². The Morgan fingerprint density at radius 1 is 1.12 bits per heavy atom. The summed E-state index contributed by atoms with van der Waals surface area (Å²) >= 11 is 0. The van der Waals surface area contributed by atoms with Gasteiger partial charge < -0.3 is 31.6 Å². The standard InChI is InChI=1S/C20H23N7O5/c21-16-12-7-9-27(17(12)26-20(22)25-16)8-1-2-11-3-4-13(23-10-11)18(30)24-14(19(31)32)5-6-15(28)29/h3-4,7,9-10,14H,1-2,5-6,8H2,(H,24,30)(H,28,29)(H,31,32)(H4,21,22,25,26)/t14-/m0/s1. The second-order valence-corrected chi connectivity index (χ2v) is 7.17. The Kier molecular flexibility index (Phi) is 6.83. The number of aliphatic carboxylic acids is 2. The van der Waals surface area contributed by atoms with Gasteiger partial charge in [0.15, 0.2) is 0 Å². The molecule has 1 amide bonds. The highest BCUT2D eigenvalue weighted by atomic mass is 16.4. The van der Waals surface area contributed by atoms with Gasteiger partial charge in [-0.25, -0.2) is 4.79 Å². The SMILES string of the molecule is Nc1nc(N)c2ccn(CCCc3ccc(C(=O)N[C@@H](CCC(=O)O)C(=O)O)nc3)c2n1. The van der Waals surface area contributed by atoms with Gasteiger partial charge in [-0.15, -0.1) is 0 Å². The van der Waals surface area contributed by atoms with E-state index >= 15 is 0 Å². The highest BCUT2D eigenvalue weighted by molar-refractivity contribution is 5.95. The van der Waals surface area contributed by atoms with Crippen LogP contribution < -0.4 is 16.8 Å². The van der Waals surface area contributed by atoms with Gasteiger partial charge in [0.25, 0.3) is 5.91 Å². The van der Waals surface area contributed by atoms with Crippen LogP contribution in [0, 0.1) is 0 Å². The molecule has 0 aromatic carbocycles. The Morgan fingerprint density at radius 2 is 1.91 bits per heavy atom. The summed E-state index contributed by atoms with van der Waals surface area (Å²) in [7, 11) is 0. The molecule has 0 saturated carbocycles. The fourth-order valence-electron chi connectivity index (χ4n) is 3.20. The summed E-state index contributed by atoms with van der Waals surface area (Å²) in [6, 6.07) is 3.77. The number of carboxylic acid groups (broad SMARTS) is 2. The van der Waals surface area contributed by atoms with Crippen molar-refractivity contribution in [3.05, 3.63) is 41.9 Å². The van der Waals surface area contributed by atoms with Gasteiger partial charge >= 0.3 is 11.9 Å². The smallest absolute Gasteiger partial charge is 0.326 e. The number of nitrogen functional groups attached to an aromatic ring is 2. The number of hydrogen-bond acceptors (Lipinski definition) is 8. The molecule has 0 aliphatic rings. The number of aryl methyl sites for hydroxylation is 2. The lowest BCUT2D eigenvalue weighted by molar-refractivity contribution is -0.140. The van der Waals surface area contributed by atoms with Crippen LogP contribution in [-0.4, -0.2) is 53.6 Å². The van der Waals surface area contributed by atoms with Gasteiger partial charge in [-0.05, 0) is 37.0 Å². The second-order valence-electron chi connectivity index (χ2n) is 7.17. The van der Waals surface area contributed by atoms with Crippen LogP contribution in [-0.2, 0) is 22.6 Å². The number of carboxylic acids is 2. The van der Waals surface area contributed by atoms with Gasteiger partial charge in [0.2, 0.25) is 5.95 Å². The van der Waals surface area contributed by atoms with Gasteiger partial charge in [-0.3, -0.25) is 14.6 Å². The number of fused-ring (bicyclic) bond motifs is 1. The molecule has 0 saturated heterocycles. The van der Waals surface area contributed by atoms with Crippen LogP contribution in [0.25, 0.3) is 11.0 Å². The molecule has 0 unspecified atom stereocenters. The number of rotatable bonds is 10. The largest absolute Gasteiger partial charge is 0.481 e. The average molecular weight is 441 g/mol. The molecule has 0 spiro atoms. The van der Waals surface area contributed by atoms with Gasteiger partial charge in [-0.1, -0.05) is 6.07 Å². The Labute approximate surface area is 182 Å². The molecule has 3 aromatic heterocycles. The molecule has 7 N–H and O–H groups in total. The number of pyridine rings is 1. The molecule has 0 aliphatic heterocycles. The molecule has 12 nitrogen and oxygen atoms in total. The number of nitrogens with zero attached hydrogens (tertiary/aromatic N) is 4. The van der Waals surface area contributed by atoms with E-state index in [0.29, 0.717) is 24.4 Å². The third-order valence-electron chi connectivity index (χ3n) is 4.84. The minimum Gasteiger partial charge on any atom is -0.481 e. The number of carbonyl (C=O) groups excluding carboxylic acids is 1. The summed E-state index contributed by atoms with van der Waals surface area (Å²) in [5.41, 5.74) is 13.1. The number of amides is 1. The van der Waals surface area contributed by atoms with Crippen LogP contribution in [0.5, 0.6) is 0 Å². The van der Waals surface area contributed by atoms with E-state index in [1.807, 2.05) is 16.8 Å². The van der Waals surface area contributed by atoms with Crippen molar-refractivity contribution >= 4 is 40.6 Å². The van der Waals surface area contributed by atoms with Gasteiger partial charge in [0, 0.05) is 25.4 Å². The normalized spacial score (nSPS) is 11.9. The zero-order chi connectivity index (χ0) is 23.3. The number of carbonyl (C=O) groups is 3. The predicted octanol–water partition coefficient (Wildman–Crippen LogP) is 0.671. The fourth-order valence-corrected chi connectivity index (χ4v) is 3.20. The zero-order valence-corrected chi connectivity index (χ0v) is 17.1. The van der Waals surface area contributed by atoms with Crippen molar-refractivity contribution in [3.8, 4) is 0 Å². The van der Waals surface area contributed by atoms with Gasteiger partial charge in [0.1, 0.15) is 23.2 Å². The Balaban J connectivity index is 1.56. The minimum absolute atomic E-state index is 0.0504. The van der Waals surface area contributed by atoms with Crippen molar-refractivity contribution < 1.29 is 24.6 Å². The van der Waals surface area contributed by atoms with Gasteiger partial charge in [0.05, 0.1) is 5.39 Å². The lowest BCUT2D eigenvalue weighted by Crippen LogP contribution is -2.41. The van der Waals surface area contributed by atoms with E-state index in [2.05, 4.69) is 20.3 Å². The number of aromatic nitrogens is 4. The molecular weight excluding hydrogens is 418 g/mol. The van der Waals surface area contributed by atoms with E-state index in [0.717, 1.165) is 17.4 Å². The Bertz CT molecular complexity index is 1140. The molecule has 0 radical (unpaired) electrons. The quantitative estimate of drug-likeness (QED) is 0.298. The monoisotopic (exact) mass is 441 g/mol. The molecule has 168 valence electrons. The first-order chi connectivity index (χ1) is 15.2. The lowest BCUT2D eigenvalue weighted by atomic mass is 10.1. The zero-order valence-electron chi connectivity index (χ0n) is 17.1. The van der Waals surface area contributed by atoms with E-state index in [1.54, 1.807) is 12.3 Å². The third-order valence-corrected chi connectivity index (χ3v) is 4.84. The van der Waals surface area contributed by atoms with Crippen LogP contribution in [0.1, 0.15) is 35.3 Å². The molecule has 1 atom stereocenters. The summed E-state index contributed by atoms with van der Waals surface area (Å²) in [5, 5.41) is 20.9. The van der Waals surface area contributed by atoms with E-state index in [1.165, 1.54) is 6.07 Å². The number of hydrogen-bond donors (Lipinski definition) is 5. The average Bonchev–Trinajstić information content (AvgIpc) is 3.14. The van der Waals surface area contributed by atoms with Crippen molar-refractivity contribution in [2.75, 3.05) is 11.5 Å². The summed E-state index contributed by atoms with van der Waals surface area (Å²) in [6.45, 7) is 0.658. The maximum atomic E-state index is 12.2. The molecule has 0 aliphatic carbocycles.